The molecule has 0 aliphatic carbocycles. The minimum atomic E-state index is -0.716. The van der Waals surface area contributed by atoms with Gasteiger partial charge in [0.2, 0.25) is 12.1 Å². The molecule has 1 atom stereocenters. The lowest BCUT2D eigenvalue weighted by atomic mass is 10.1. The van der Waals surface area contributed by atoms with Crippen molar-refractivity contribution in [3.05, 3.63) is 35.4 Å². The number of fused-ring (bicyclic) bond motifs is 1. The molecule has 6 nitrogen and oxygen atoms in total. The van der Waals surface area contributed by atoms with E-state index in [1.807, 2.05) is 0 Å². The number of ether oxygens (including phenoxy) is 1. The number of rotatable bonds is 5. The molecule has 1 unspecified atom stereocenters. The molecular formula is C14H16N2O4. The molecule has 0 radical (unpaired) electrons. The van der Waals surface area contributed by atoms with Gasteiger partial charge in [0.1, 0.15) is 0 Å². The lowest BCUT2D eigenvalue weighted by Crippen LogP contribution is -2.25. The Kier molecular flexibility index (Phi) is 4.34. The number of nitrogens with one attached hydrogen (secondary N) is 2. The van der Waals surface area contributed by atoms with Crippen LogP contribution in [0.2, 0.25) is 0 Å². The highest BCUT2D eigenvalue weighted by Crippen LogP contribution is 2.26. The summed E-state index contributed by atoms with van der Waals surface area (Å²) in [5.41, 5.74) is 1.20. The van der Waals surface area contributed by atoms with Crippen LogP contribution in [0.5, 0.6) is 0 Å². The third kappa shape index (κ3) is 3.34. The molecule has 20 heavy (non-hydrogen) atoms. The number of amides is 2. The second-order valence-electron chi connectivity index (χ2n) is 4.52. The Bertz CT molecular complexity index is 542. The van der Waals surface area contributed by atoms with Gasteiger partial charge >= 0.3 is 5.97 Å². The van der Waals surface area contributed by atoms with Crippen molar-refractivity contribution in [2.24, 2.45) is 0 Å². The van der Waals surface area contributed by atoms with Crippen molar-refractivity contribution in [2.45, 2.75) is 26.0 Å². The number of hydrogen-bond donors (Lipinski definition) is 2. The van der Waals surface area contributed by atoms with Crippen LogP contribution >= 0.6 is 0 Å². The maximum absolute atomic E-state index is 11.7. The summed E-state index contributed by atoms with van der Waals surface area (Å²) in [6, 6.07) is 6.99. The molecule has 1 aliphatic heterocycles. The highest BCUT2D eigenvalue weighted by Gasteiger charge is 2.30. The van der Waals surface area contributed by atoms with Gasteiger partial charge in [-0.05, 0) is 12.5 Å². The molecule has 2 N–H and O–H groups in total. The second-order valence-corrected chi connectivity index (χ2v) is 4.52. The fourth-order valence-electron chi connectivity index (χ4n) is 1.99. The molecule has 0 spiro atoms. The predicted molar refractivity (Wildman–Crippen MR) is 70.7 cm³/mol. The maximum atomic E-state index is 11.7. The quantitative estimate of drug-likeness (QED) is 0.618. The summed E-state index contributed by atoms with van der Waals surface area (Å²) in [4.78, 5) is 34.0. The van der Waals surface area contributed by atoms with E-state index in [1.54, 1.807) is 24.3 Å². The first-order chi connectivity index (χ1) is 9.58. The van der Waals surface area contributed by atoms with Crippen molar-refractivity contribution in [1.29, 1.82) is 0 Å². The lowest BCUT2D eigenvalue weighted by Gasteiger charge is -2.13. The van der Waals surface area contributed by atoms with E-state index in [1.165, 1.54) is 6.92 Å². The Hall–Kier alpha value is -2.37. The minimum Gasteiger partial charge on any atom is -0.437 e. The molecule has 1 aromatic carbocycles. The summed E-state index contributed by atoms with van der Waals surface area (Å²) < 4.78 is 5.23. The molecule has 0 aromatic heterocycles. The Morgan fingerprint density at radius 2 is 2.10 bits per heavy atom. The smallest absolute Gasteiger partial charge is 0.308 e. The van der Waals surface area contributed by atoms with E-state index in [0.717, 1.165) is 0 Å². The largest absolute Gasteiger partial charge is 0.437 e. The molecule has 0 saturated heterocycles. The molecule has 6 heteroatoms. The van der Waals surface area contributed by atoms with Gasteiger partial charge in [-0.3, -0.25) is 14.4 Å². The fourth-order valence-corrected chi connectivity index (χ4v) is 1.99. The van der Waals surface area contributed by atoms with E-state index in [0.29, 0.717) is 24.1 Å². The number of esters is 1. The van der Waals surface area contributed by atoms with Gasteiger partial charge in [-0.1, -0.05) is 18.2 Å². The van der Waals surface area contributed by atoms with Crippen LogP contribution in [0.25, 0.3) is 0 Å². The summed E-state index contributed by atoms with van der Waals surface area (Å²) in [6.45, 7) is 1.85. The fraction of sp³-hybridized carbons (Fsp3) is 0.357. The molecule has 106 valence electrons. The summed E-state index contributed by atoms with van der Waals surface area (Å²) >= 11 is 0. The highest BCUT2D eigenvalue weighted by atomic mass is 16.6. The van der Waals surface area contributed by atoms with Crippen molar-refractivity contribution in [2.75, 3.05) is 6.54 Å². The first-order valence-corrected chi connectivity index (χ1v) is 6.41. The van der Waals surface area contributed by atoms with Crippen LogP contribution in [0, 0.1) is 0 Å². The molecule has 2 amide bonds. The van der Waals surface area contributed by atoms with Crippen molar-refractivity contribution >= 4 is 17.8 Å². The summed E-state index contributed by atoms with van der Waals surface area (Å²) in [7, 11) is 0. The molecule has 2 rings (SSSR count). The van der Waals surface area contributed by atoms with Gasteiger partial charge in [-0.2, -0.15) is 0 Å². The monoisotopic (exact) mass is 276 g/mol. The number of carbonyl (C=O) groups is 3. The Morgan fingerprint density at radius 1 is 1.35 bits per heavy atom. The van der Waals surface area contributed by atoms with Crippen molar-refractivity contribution in [3.63, 3.8) is 0 Å². The SMILES string of the molecule is CC(=O)NCCCC(=O)OC1NC(=O)c2ccccc21. The topological polar surface area (TPSA) is 84.5 Å². The van der Waals surface area contributed by atoms with Crippen LogP contribution in [0.4, 0.5) is 0 Å². The molecule has 0 bridgehead atoms. The van der Waals surface area contributed by atoms with Gasteiger partial charge < -0.3 is 15.4 Å². The van der Waals surface area contributed by atoms with Crippen LogP contribution in [0.1, 0.15) is 41.9 Å². The Morgan fingerprint density at radius 3 is 2.85 bits per heavy atom. The minimum absolute atomic E-state index is 0.129. The third-order valence-corrected chi connectivity index (χ3v) is 2.93. The van der Waals surface area contributed by atoms with E-state index >= 15 is 0 Å². The van der Waals surface area contributed by atoms with E-state index in [9.17, 15) is 14.4 Å². The van der Waals surface area contributed by atoms with Gasteiger partial charge in [0.05, 0.1) is 0 Å². The summed E-state index contributed by atoms with van der Waals surface area (Å²) in [5, 5.41) is 5.21. The lowest BCUT2D eigenvalue weighted by molar-refractivity contribution is -0.150. The van der Waals surface area contributed by atoms with Gasteiger partial charge in [0.25, 0.3) is 5.91 Å². The molecule has 1 aromatic rings. The Labute approximate surface area is 116 Å². The van der Waals surface area contributed by atoms with E-state index < -0.39 is 12.2 Å². The zero-order chi connectivity index (χ0) is 14.5. The molecule has 1 aliphatic rings. The number of benzene rings is 1. The van der Waals surface area contributed by atoms with Gasteiger partial charge in [0.15, 0.2) is 0 Å². The van der Waals surface area contributed by atoms with Gasteiger partial charge in [-0.15, -0.1) is 0 Å². The van der Waals surface area contributed by atoms with E-state index in [4.69, 9.17) is 4.74 Å². The number of hydrogen-bond acceptors (Lipinski definition) is 4. The van der Waals surface area contributed by atoms with Crippen LogP contribution in [-0.4, -0.2) is 24.3 Å². The van der Waals surface area contributed by atoms with Crippen molar-refractivity contribution in [3.8, 4) is 0 Å². The first-order valence-electron chi connectivity index (χ1n) is 6.41. The standard InChI is InChI=1S/C14H16N2O4/c1-9(17)15-8-4-7-12(18)20-14-11-6-3-2-5-10(11)13(19)16-14/h2-3,5-6,14H,4,7-8H2,1H3,(H,15,17)(H,16,19). The van der Waals surface area contributed by atoms with Crippen LogP contribution in [0.3, 0.4) is 0 Å². The third-order valence-electron chi connectivity index (χ3n) is 2.93. The van der Waals surface area contributed by atoms with Crippen LogP contribution in [-0.2, 0) is 14.3 Å². The average molecular weight is 276 g/mol. The summed E-state index contributed by atoms with van der Waals surface area (Å²) in [5.74, 6) is -0.774. The second kappa shape index (κ2) is 6.18. The zero-order valence-corrected chi connectivity index (χ0v) is 11.1. The zero-order valence-electron chi connectivity index (χ0n) is 11.1. The normalized spacial score (nSPS) is 16.2. The first kappa shape index (κ1) is 14.0. The highest BCUT2D eigenvalue weighted by molar-refractivity contribution is 5.99. The van der Waals surface area contributed by atoms with Crippen LogP contribution in [0.15, 0.2) is 24.3 Å². The number of carbonyl (C=O) groups excluding carboxylic acids is 3. The maximum Gasteiger partial charge on any atom is 0.308 e. The van der Waals surface area contributed by atoms with Crippen LogP contribution < -0.4 is 10.6 Å². The van der Waals surface area contributed by atoms with Gasteiger partial charge in [0, 0.05) is 31.0 Å². The molecular weight excluding hydrogens is 260 g/mol. The average Bonchev–Trinajstić information content (AvgIpc) is 2.72. The molecule has 1 heterocycles. The van der Waals surface area contributed by atoms with E-state index in [-0.39, 0.29) is 18.2 Å². The Balaban J connectivity index is 1.84. The summed E-state index contributed by atoms with van der Waals surface area (Å²) in [6.07, 6.45) is -0.0257. The van der Waals surface area contributed by atoms with Gasteiger partial charge in [-0.25, -0.2) is 0 Å². The van der Waals surface area contributed by atoms with Crippen molar-refractivity contribution < 1.29 is 19.1 Å². The van der Waals surface area contributed by atoms with Crippen molar-refractivity contribution in [1.82, 2.24) is 10.6 Å². The van der Waals surface area contributed by atoms with E-state index in [2.05, 4.69) is 10.6 Å². The predicted octanol–water partition coefficient (Wildman–Crippen LogP) is 0.888. The molecule has 0 fully saturated rings. The molecule has 0 saturated carbocycles.